The second kappa shape index (κ2) is 7.76. The molecule has 0 unspecified atom stereocenters. The van der Waals surface area contributed by atoms with Crippen LogP contribution in [0.25, 0.3) is 0 Å². The van der Waals surface area contributed by atoms with Crippen LogP contribution in [0.5, 0.6) is 5.75 Å². The molecule has 0 radical (unpaired) electrons. The molecule has 3 rings (SSSR count). The number of rotatable bonds is 3. The van der Waals surface area contributed by atoms with E-state index in [-0.39, 0.29) is 18.4 Å². The molecule has 146 valence electrons. The molecule has 0 aromatic heterocycles. The molecular formula is C19H24ClN3O4. The highest BCUT2D eigenvalue weighted by Gasteiger charge is 2.47. The lowest BCUT2D eigenvalue weighted by atomic mass is 9.95. The zero-order chi connectivity index (χ0) is 19.7. The molecule has 2 fully saturated rings. The average molecular weight is 394 g/mol. The highest BCUT2D eigenvalue weighted by Crippen LogP contribution is 2.25. The van der Waals surface area contributed by atoms with Crippen molar-refractivity contribution in [3.63, 3.8) is 0 Å². The highest BCUT2D eigenvalue weighted by atomic mass is 35.5. The van der Waals surface area contributed by atoms with Gasteiger partial charge in [-0.15, -0.1) is 0 Å². The third-order valence-corrected chi connectivity index (χ3v) is 5.27. The molecule has 27 heavy (non-hydrogen) atoms. The number of carbonyl (C=O) groups is 3. The van der Waals surface area contributed by atoms with Crippen LogP contribution < -0.4 is 4.74 Å². The van der Waals surface area contributed by atoms with Crippen LogP contribution >= 0.6 is 11.6 Å². The Hall–Kier alpha value is -2.28. The summed E-state index contributed by atoms with van der Waals surface area (Å²) in [4.78, 5) is 42.7. The quantitative estimate of drug-likeness (QED) is 0.789. The van der Waals surface area contributed by atoms with E-state index in [1.54, 1.807) is 36.2 Å². The molecule has 1 aromatic carbocycles. The molecule has 8 heteroatoms. The van der Waals surface area contributed by atoms with Gasteiger partial charge in [-0.3, -0.25) is 9.59 Å². The predicted molar refractivity (Wildman–Crippen MR) is 101 cm³/mol. The Morgan fingerprint density at radius 1 is 1.19 bits per heavy atom. The Labute approximate surface area is 163 Å². The molecule has 1 aromatic rings. The SMILES string of the molecule is CC(C)C[C@H]1C(=O)N2CCN(C(=O)Oc3ccc(Cl)cc3)C[C@@H]2C(=O)N1C. The number of ether oxygens (including phenoxy) is 1. The number of nitrogens with zero attached hydrogens (tertiary/aromatic N) is 3. The number of benzene rings is 1. The van der Waals surface area contributed by atoms with Gasteiger partial charge in [-0.05, 0) is 36.6 Å². The summed E-state index contributed by atoms with van der Waals surface area (Å²) in [6.07, 6.45) is 0.0938. The largest absolute Gasteiger partial charge is 0.415 e. The predicted octanol–water partition coefficient (Wildman–Crippen LogP) is 2.24. The van der Waals surface area contributed by atoms with Gasteiger partial charge in [-0.25, -0.2) is 4.79 Å². The van der Waals surface area contributed by atoms with Gasteiger partial charge in [-0.2, -0.15) is 0 Å². The number of piperazine rings is 2. The zero-order valence-electron chi connectivity index (χ0n) is 15.7. The van der Waals surface area contributed by atoms with Gasteiger partial charge < -0.3 is 19.4 Å². The van der Waals surface area contributed by atoms with Crippen LogP contribution in [-0.4, -0.2) is 71.4 Å². The normalized spacial score (nSPS) is 22.9. The number of likely N-dealkylation sites (N-methyl/N-ethyl adjacent to an activating group) is 1. The van der Waals surface area contributed by atoms with Crippen molar-refractivity contribution in [2.75, 3.05) is 26.7 Å². The molecular weight excluding hydrogens is 370 g/mol. The van der Waals surface area contributed by atoms with Crippen molar-refractivity contribution in [2.24, 2.45) is 5.92 Å². The van der Waals surface area contributed by atoms with Crippen LogP contribution in [-0.2, 0) is 9.59 Å². The number of hydrogen-bond acceptors (Lipinski definition) is 4. The van der Waals surface area contributed by atoms with Gasteiger partial charge >= 0.3 is 6.09 Å². The summed E-state index contributed by atoms with van der Waals surface area (Å²) in [7, 11) is 1.66. The summed E-state index contributed by atoms with van der Waals surface area (Å²) >= 11 is 5.83. The number of fused-ring (bicyclic) bond motifs is 1. The zero-order valence-corrected chi connectivity index (χ0v) is 16.5. The van der Waals surface area contributed by atoms with Crippen molar-refractivity contribution in [2.45, 2.75) is 32.4 Å². The second-order valence-electron chi connectivity index (χ2n) is 7.41. The van der Waals surface area contributed by atoms with Gasteiger partial charge in [0.2, 0.25) is 11.8 Å². The molecule has 2 aliphatic rings. The summed E-state index contributed by atoms with van der Waals surface area (Å²) in [6.45, 7) is 4.86. The first-order valence-electron chi connectivity index (χ1n) is 9.07. The Bertz CT molecular complexity index is 737. The Morgan fingerprint density at radius 3 is 2.48 bits per heavy atom. The lowest BCUT2D eigenvalue weighted by molar-refractivity contribution is -0.163. The summed E-state index contributed by atoms with van der Waals surface area (Å²) in [5.41, 5.74) is 0. The molecule has 2 atom stereocenters. The molecule has 7 nitrogen and oxygen atoms in total. The lowest BCUT2D eigenvalue weighted by Gasteiger charge is -2.48. The van der Waals surface area contributed by atoms with E-state index in [9.17, 15) is 14.4 Å². The van der Waals surface area contributed by atoms with Gasteiger partial charge in [-0.1, -0.05) is 25.4 Å². The maximum absolute atomic E-state index is 12.8. The summed E-state index contributed by atoms with van der Waals surface area (Å²) < 4.78 is 5.35. The monoisotopic (exact) mass is 393 g/mol. The topological polar surface area (TPSA) is 70.2 Å². The molecule has 0 N–H and O–H groups in total. The number of halogens is 1. The lowest BCUT2D eigenvalue weighted by Crippen LogP contribution is -2.70. The smallest absolute Gasteiger partial charge is 0.410 e. The standard InChI is InChI=1S/C19H24ClN3O4/c1-12(2)10-15-18(25)23-9-8-22(11-16(23)17(24)21(15)3)19(26)27-14-6-4-13(20)5-7-14/h4-7,12,15-16H,8-11H2,1-3H3/t15-,16+/m0/s1. The van der Waals surface area contributed by atoms with E-state index in [1.165, 1.54) is 9.80 Å². The fourth-order valence-electron chi connectivity index (χ4n) is 3.54. The minimum absolute atomic E-state index is 0.0403. The minimum atomic E-state index is -0.655. The van der Waals surface area contributed by atoms with Crippen LogP contribution in [0, 0.1) is 5.92 Å². The first-order chi connectivity index (χ1) is 12.8. The Morgan fingerprint density at radius 2 is 1.85 bits per heavy atom. The first kappa shape index (κ1) is 19.5. The van der Waals surface area contributed by atoms with E-state index < -0.39 is 18.2 Å². The van der Waals surface area contributed by atoms with E-state index in [2.05, 4.69) is 0 Å². The Kier molecular flexibility index (Phi) is 5.60. The Balaban J connectivity index is 1.68. The van der Waals surface area contributed by atoms with Crippen molar-refractivity contribution < 1.29 is 19.1 Å². The number of hydrogen-bond donors (Lipinski definition) is 0. The molecule has 0 saturated carbocycles. The molecule has 3 amide bonds. The van der Waals surface area contributed by atoms with E-state index >= 15 is 0 Å². The van der Waals surface area contributed by atoms with Crippen molar-refractivity contribution in [1.29, 1.82) is 0 Å². The third kappa shape index (κ3) is 4.03. The third-order valence-electron chi connectivity index (χ3n) is 5.02. The van der Waals surface area contributed by atoms with Gasteiger partial charge in [0, 0.05) is 25.2 Å². The minimum Gasteiger partial charge on any atom is -0.410 e. The van der Waals surface area contributed by atoms with Crippen LogP contribution in [0.3, 0.4) is 0 Å². The molecule has 0 aliphatic carbocycles. The molecule has 2 heterocycles. The fraction of sp³-hybridized carbons (Fsp3) is 0.526. The van der Waals surface area contributed by atoms with Crippen LogP contribution in [0.2, 0.25) is 5.02 Å². The summed E-state index contributed by atoms with van der Waals surface area (Å²) in [5.74, 6) is 0.513. The number of amides is 3. The molecule has 2 saturated heterocycles. The first-order valence-corrected chi connectivity index (χ1v) is 9.45. The van der Waals surface area contributed by atoms with Crippen LogP contribution in [0.4, 0.5) is 4.79 Å². The van der Waals surface area contributed by atoms with Crippen molar-refractivity contribution in [3.8, 4) is 5.75 Å². The van der Waals surface area contributed by atoms with Crippen molar-refractivity contribution in [1.82, 2.24) is 14.7 Å². The van der Waals surface area contributed by atoms with Crippen molar-refractivity contribution >= 4 is 29.5 Å². The maximum atomic E-state index is 12.8. The average Bonchev–Trinajstić information content (AvgIpc) is 2.64. The molecule has 0 bridgehead atoms. The van der Waals surface area contributed by atoms with Crippen LogP contribution in [0.1, 0.15) is 20.3 Å². The van der Waals surface area contributed by atoms with Gasteiger partial charge in [0.05, 0.1) is 6.54 Å². The number of carbonyl (C=O) groups excluding carboxylic acids is 3. The van der Waals surface area contributed by atoms with Gasteiger partial charge in [0.15, 0.2) is 0 Å². The summed E-state index contributed by atoms with van der Waals surface area (Å²) in [5, 5.41) is 0.550. The molecule has 2 aliphatic heterocycles. The molecule has 0 spiro atoms. The van der Waals surface area contributed by atoms with Gasteiger partial charge in [0.25, 0.3) is 0 Å². The van der Waals surface area contributed by atoms with Crippen molar-refractivity contribution in [3.05, 3.63) is 29.3 Å². The highest BCUT2D eigenvalue weighted by molar-refractivity contribution is 6.30. The fourth-order valence-corrected chi connectivity index (χ4v) is 3.67. The maximum Gasteiger partial charge on any atom is 0.415 e. The van der Waals surface area contributed by atoms with E-state index in [4.69, 9.17) is 16.3 Å². The van der Waals surface area contributed by atoms with E-state index in [0.717, 1.165) is 0 Å². The van der Waals surface area contributed by atoms with Gasteiger partial charge in [0.1, 0.15) is 17.8 Å². The van der Waals surface area contributed by atoms with E-state index in [1.807, 2.05) is 13.8 Å². The summed E-state index contributed by atoms with van der Waals surface area (Å²) in [6, 6.07) is 5.40. The van der Waals surface area contributed by atoms with Crippen LogP contribution in [0.15, 0.2) is 24.3 Å². The second-order valence-corrected chi connectivity index (χ2v) is 7.85. The van der Waals surface area contributed by atoms with E-state index in [0.29, 0.717) is 36.2 Å².